The molecule has 3 N–H and O–H groups in total. The van der Waals surface area contributed by atoms with Gasteiger partial charge in [-0.25, -0.2) is 0 Å². The number of nitrogens with one attached hydrogen (secondary N) is 2. The third-order valence-corrected chi connectivity index (χ3v) is 2.44. The van der Waals surface area contributed by atoms with E-state index in [1.54, 1.807) is 6.92 Å². The number of amides is 1. The van der Waals surface area contributed by atoms with E-state index in [0.717, 1.165) is 0 Å². The highest BCUT2D eigenvalue weighted by Crippen LogP contribution is 2.02. The summed E-state index contributed by atoms with van der Waals surface area (Å²) in [5.41, 5.74) is -0.0370. The highest BCUT2D eigenvalue weighted by atomic mass is 16.4. The molecule has 0 aromatic carbocycles. The molecule has 1 rings (SSSR count). The number of hydrogen-bond acceptors (Lipinski definition) is 3. The van der Waals surface area contributed by atoms with Gasteiger partial charge in [0.1, 0.15) is 0 Å². The summed E-state index contributed by atoms with van der Waals surface area (Å²) in [6.07, 6.45) is 2.59. The number of carbonyl (C=O) groups excluding carboxylic acids is 1. The number of carboxylic acid groups (broad SMARTS) is 1. The number of hydrogen-bond donors (Lipinski definition) is 3. The molecule has 0 aliphatic carbocycles. The smallest absolute Gasteiger partial charge is 0.303 e. The molecule has 6 heteroatoms. The molecule has 1 unspecified atom stereocenters. The normalized spacial score (nSPS) is 11.8. The molecular weight excluding hydrogens is 236 g/mol. The van der Waals surface area contributed by atoms with Crippen molar-refractivity contribution < 1.29 is 14.7 Å². The zero-order chi connectivity index (χ0) is 13.5. The van der Waals surface area contributed by atoms with Crippen LogP contribution in [0.15, 0.2) is 23.1 Å². The third-order valence-electron chi connectivity index (χ3n) is 2.44. The van der Waals surface area contributed by atoms with Gasteiger partial charge in [-0.05, 0) is 25.8 Å². The number of pyridine rings is 1. The number of rotatable bonds is 6. The van der Waals surface area contributed by atoms with Gasteiger partial charge < -0.3 is 15.4 Å². The van der Waals surface area contributed by atoms with Crippen molar-refractivity contribution in [3.8, 4) is 0 Å². The average molecular weight is 252 g/mol. The fourth-order valence-corrected chi connectivity index (χ4v) is 1.52. The summed E-state index contributed by atoms with van der Waals surface area (Å²) in [6.45, 7) is 1.80. The van der Waals surface area contributed by atoms with E-state index in [1.165, 1.54) is 18.3 Å². The van der Waals surface area contributed by atoms with E-state index in [-0.39, 0.29) is 23.9 Å². The highest BCUT2D eigenvalue weighted by Gasteiger charge is 2.10. The molecule has 0 radical (unpaired) electrons. The Hall–Kier alpha value is -2.11. The summed E-state index contributed by atoms with van der Waals surface area (Å²) < 4.78 is 0. The first kappa shape index (κ1) is 14.0. The van der Waals surface area contributed by atoms with E-state index in [9.17, 15) is 14.4 Å². The van der Waals surface area contributed by atoms with Gasteiger partial charge in [-0.3, -0.25) is 14.4 Å². The Labute approximate surface area is 104 Å². The Morgan fingerprint density at radius 2 is 2.22 bits per heavy atom. The molecule has 0 saturated heterocycles. The van der Waals surface area contributed by atoms with Crippen molar-refractivity contribution in [1.82, 2.24) is 10.3 Å². The molecule has 0 fully saturated rings. The number of carboxylic acids is 1. The molecule has 1 amide bonds. The number of aliphatic carboxylic acids is 1. The second-order valence-electron chi connectivity index (χ2n) is 4.10. The fraction of sp³-hybridized carbons (Fsp3) is 0.417. The molecule has 1 aromatic heterocycles. The van der Waals surface area contributed by atoms with Gasteiger partial charge in [-0.15, -0.1) is 0 Å². The van der Waals surface area contributed by atoms with Crippen LogP contribution in [-0.2, 0) is 4.79 Å². The molecule has 0 aliphatic heterocycles. The molecule has 1 atom stereocenters. The van der Waals surface area contributed by atoms with Gasteiger partial charge in [-0.1, -0.05) is 0 Å². The van der Waals surface area contributed by atoms with Crippen LogP contribution in [0.3, 0.4) is 0 Å². The maximum absolute atomic E-state index is 11.7. The van der Waals surface area contributed by atoms with E-state index < -0.39 is 5.97 Å². The topological polar surface area (TPSA) is 99.3 Å². The van der Waals surface area contributed by atoms with Crippen molar-refractivity contribution in [2.24, 2.45) is 0 Å². The van der Waals surface area contributed by atoms with Gasteiger partial charge in [0.25, 0.3) is 5.91 Å². The molecular formula is C12H16N2O4. The van der Waals surface area contributed by atoms with Gasteiger partial charge in [-0.2, -0.15) is 0 Å². The van der Waals surface area contributed by atoms with Crippen LogP contribution in [-0.4, -0.2) is 28.0 Å². The molecule has 6 nitrogen and oxygen atoms in total. The first-order valence-electron chi connectivity index (χ1n) is 5.70. The average Bonchev–Trinajstić information content (AvgIpc) is 2.28. The lowest BCUT2D eigenvalue weighted by Crippen LogP contribution is -2.33. The van der Waals surface area contributed by atoms with E-state index in [0.29, 0.717) is 18.4 Å². The second kappa shape index (κ2) is 6.58. The van der Waals surface area contributed by atoms with Crippen LogP contribution in [0.1, 0.15) is 36.5 Å². The minimum Gasteiger partial charge on any atom is -0.481 e. The standard InChI is InChI=1S/C12H16N2O4/c1-8(3-2-4-11(16)17)14-12(18)9-5-6-13-10(15)7-9/h5-8H,2-4H2,1H3,(H,13,15)(H,14,18)(H,16,17). The first-order chi connectivity index (χ1) is 8.49. The Kier molecular flexibility index (Phi) is 5.10. The minimum atomic E-state index is -0.844. The lowest BCUT2D eigenvalue weighted by molar-refractivity contribution is -0.137. The van der Waals surface area contributed by atoms with Crippen molar-refractivity contribution in [3.63, 3.8) is 0 Å². The molecule has 1 heterocycles. The van der Waals surface area contributed by atoms with Gasteiger partial charge in [0.15, 0.2) is 0 Å². The molecule has 0 aliphatic rings. The maximum atomic E-state index is 11.7. The van der Waals surface area contributed by atoms with Crippen LogP contribution >= 0.6 is 0 Å². The molecule has 98 valence electrons. The van der Waals surface area contributed by atoms with Gasteiger partial charge >= 0.3 is 5.97 Å². The summed E-state index contributed by atoms with van der Waals surface area (Å²) in [5, 5.41) is 11.2. The number of aromatic nitrogens is 1. The van der Waals surface area contributed by atoms with Crippen LogP contribution < -0.4 is 10.9 Å². The van der Waals surface area contributed by atoms with E-state index in [4.69, 9.17) is 5.11 Å². The van der Waals surface area contributed by atoms with Crippen molar-refractivity contribution in [2.75, 3.05) is 0 Å². The van der Waals surface area contributed by atoms with Crippen molar-refractivity contribution >= 4 is 11.9 Å². The molecule has 0 spiro atoms. The Balaban J connectivity index is 2.44. The number of H-pyrrole nitrogens is 1. The van der Waals surface area contributed by atoms with Crippen LogP contribution in [0.4, 0.5) is 0 Å². The van der Waals surface area contributed by atoms with Gasteiger partial charge in [0.2, 0.25) is 5.56 Å². The molecule has 18 heavy (non-hydrogen) atoms. The Morgan fingerprint density at radius 1 is 1.50 bits per heavy atom. The van der Waals surface area contributed by atoms with E-state index in [1.807, 2.05) is 0 Å². The Bertz CT molecular complexity index is 481. The van der Waals surface area contributed by atoms with Crippen molar-refractivity contribution in [3.05, 3.63) is 34.2 Å². The Morgan fingerprint density at radius 3 is 2.83 bits per heavy atom. The summed E-state index contributed by atoms with van der Waals surface area (Å²) in [7, 11) is 0. The van der Waals surface area contributed by atoms with Crippen LogP contribution in [0, 0.1) is 0 Å². The molecule has 1 aromatic rings. The lowest BCUT2D eigenvalue weighted by Gasteiger charge is -2.12. The number of aromatic amines is 1. The summed E-state index contributed by atoms with van der Waals surface area (Å²) >= 11 is 0. The van der Waals surface area contributed by atoms with Crippen LogP contribution in [0.5, 0.6) is 0 Å². The quantitative estimate of drug-likeness (QED) is 0.695. The zero-order valence-electron chi connectivity index (χ0n) is 10.1. The monoisotopic (exact) mass is 252 g/mol. The maximum Gasteiger partial charge on any atom is 0.303 e. The lowest BCUT2D eigenvalue weighted by atomic mass is 10.1. The fourth-order valence-electron chi connectivity index (χ4n) is 1.52. The number of carbonyl (C=O) groups is 2. The summed E-state index contributed by atoms with van der Waals surface area (Å²) in [6, 6.07) is 2.61. The van der Waals surface area contributed by atoms with Crippen LogP contribution in [0.2, 0.25) is 0 Å². The summed E-state index contributed by atoms with van der Waals surface area (Å²) in [5.74, 6) is -1.17. The SMILES string of the molecule is CC(CCCC(=O)O)NC(=O)c1cc[nH]c(=O)c1. The zero-order valence-corrected chi connectivity index (χ0v) is 10.1. The molecule has 0 bridgehead atoms. The largest absolute Gasteiger partial charge is 0.481 e. The first-order valence-corrected chi connectivity index (χ1v) is 5.70. The van der Waals surface area contributed by atoms with Crippen molar-refractivity contribution in [1.29, 1.82) is 0 Å². The van der Waals surface area contributed by atoms with Gasteiger partial charge in [0, 0.05) is 30.3 Å². The van der Waals surface area contributed by atoms with Crippen molar-refractivity contribution in [2.45, 2.75) is 32.2 Å². The van der Waals surface area contributed by atoms with Crippen LogP contribution in [0.25, 0.3) is 0 Å². The molecule has 0 saturated carbocycles. The third kappa shape index (κ3) is 4.82. The van der Waals surface area contributed by atoms with E-state index in [2.05, 4.69) is 10.3 Å². The summed E-state index contributed by atoms with van der Waals surface area (Å²) in [4.78, 5) is 35.5. The second-order valence-corrected chi connectivity index (χ2v) is 4.10. The van der Waals surface area contributed by atoms with E-state index >= 15 is 0 Å². The van der Waals surface area contributed by atoms with Gasteiger partial charge in [0.05, 0.1) is 0 Å². The predicted octanol–water partition coefficient (Wildman–Crippen LogP) is 0.748. The minimum absolute atomic E-state index is 0.0885. The predicted molar refractivity (Wildman–Crippen MR) is 65.5 cm³/mol. The highest BCUT2D eigenvalue weighted by molar-refractivity contribution is 5.94.